The fraction of sp³-hybridized carbons (Fsp3) is 0.600. The molecular formula is C10H14O2. The lowest BCUT2D eigenvalue weighted by Crippen LogP contribution is -2.19. The zero-order chi connectivity index (χ0) is 9.14. The number of carbonyl (C=O) groups excluding carboxylic acids is 2. The summed E-state index contributed by atoms with van der Waals surface area (Å²) in [6.07, 6.45) is 4.26. The lowest BCUT2D eigenvalue weighted by Gasteiger charge is -2.18. The van der Waals surface area contributed by atoms with Gasteiger partial charge in [0.05, 0.1) is 0 Å². The van der Waals surface area contributed by atoms with Crippen molar-refractivity contribution >= 4 is 11.6 Å². The van der Waals surface area contributed by atoms with Crippen molar-refractivity contribution in [3.05, 3.63) is 11.6 Å². The molecule has 0 saturated heterocycles. The monoisotopic (exact) mass is 166 g/mol. The van der Waals surface area contributed by atoms with Crippen LogP contribution in [-0.4, -0.2) is 11.6 Å². The maximum absolute atomic E-state index is 11.4. The first-order valence-electron chi connectivity index (χ1n) is 4.36. The Morgan fingerprint density at radius 1 is 1.58 bits per heavy atom. The van der Waals surface area contributed by atoms with Gasteiger partial charge < -0.3 is 0 Å². The molecule has 1 saturated carbocycles. The minimum atomic E-state index is -0.0209. The number of allylic oxidation sites excluding steroid dienone is 2. The summed E-state index contributed by atoms with van der Waals surface area (Å²) in [5, 5.41) is 0. The Morgan fingerprint density at radius 2 is 2.25 bits per heavy atom. The van der Waals surface area contributed by atoms with Crippen molar-refractivity contribution in [1.29, 1.82) is 0 Å². The van der Waals surface area contributed by atoms with Gasteiger partial charge >= 0.3 is 0 Å². The number of rotatable bonds is 1. The molecule has 0 aromatic carbocycles. The van der Waals surface area contributed by atoms with Gasteiger partial charge in [0.25, 0.3) is 0 Å². The molecule has 0 aromatic heterocycles. The van der Waals surface area contributed by atoms with Crippen LogP contribution in [-0.2, 0) is 9.59 Å². The van der Waals surface area contributed by atoms with Gasteiger partial charge in [0.15, 0.2) is 11.6 Å². The van der Waals surface area contributed by atoms with Crippen molar-refractivity contribution < 1.29 is 9.59 Å². The molecule has 1 rings (SSSR count). The number of ketones is 2. The number of hydrogen-bond acceptors (Lipinski definition) is 2. The van der Waals surface area contributed by atoms with E-state index in [1.807, 2.05) is 6.92 Å². The van der Waals surface area contributed by atoms with Crippen LogP contribution >= 0.6 is 0 Å². The van der Waals surface area contributed by atoms with Gasteiger partial charge in [0.1, 0.15) is 0 Å². The summed E-state index contributed by atoms with van der Waals surface area (Å²) in [7, 11) is 0. The molecule has 0 heterocycles. The Bertz CT molecular complexity index is 238. The average Bonchev–Trinajstić information content (AvgIpc) is 1.98. The second-order valence-corrected chi connectivity index (χ2v) is 3.44. The Kier molecular flexibility index (Phi) is 2.79. The van der Waals surface area contributed by atoms with E-state index >= 15 is 0 Å². The molecule has 0 spiro atoms. The zero-order valence-corrected chi connectivity index (χ0v) is 7.59. The highest BCUT2D eigenvalue weighted by molar-refractivity contribution is 6.03. The Balaban J connectivity index is 2.77. The van der Waals surface area contributed by atoms with Gasteiger partial charge in [-0.05, 0) is 37.8 Å². The number of hydrogen-bond donors (Lipinski definition) is 0. The van der Waals surface area contributed by atoms with Crippen molar-refractivity contribution in [3.63, 3.8) is 0 Å². The minimum absolute atomic E-state index is 0.0209. The van der Waals surface area contributed by atoms with Gasteiger partial charge in [-0.25, -0.2) is 0 Å². The van der Waals surface area contributed by atoms with E-state index in [4.69, 9.17) is 0 Å². The first kappa shape index (κ1) is 9.17. The summed E-state index contributed by atoms with van der Waals surface area (Å²) < 4.78 is 0. The normalized spacial score (nSPS) is 27.7. The molecule has 1 unspecified atom stereocenters. The van der Waals surface area contributed by atoms with E-state index in [0.29, 0.717) is 0 Å². The molecule has 2 heteroatoms. The van der Waals surface area contributed by atoms with Crippen LogP contribution < -0.4 is 0 Å². The van der Waals surface area contributed by atoms with E-state index in [-0.39, 0.29) is 17.5 Å². The smallest absolute Gasteiger partial charge is 0.161 e. The highest BCUT2D eigenvalue weighted by Crippen LogP contribution is 2.24. The molecule has 66 valence electrons. The van der Waals surface area contributed by atoms with Gasteiger partial charge in [0, 0.05) is 5.92 Å². The van der Waals surface area contributed by atoms with Crippen LogP contribution in [0.4, 0.5) is 0 Å². The Labute approximate surface area is 72.7 Å². The molecular weight excluding hydrogens is 152 g/mol. The van der Waals surface area contributed by atoms with Crippen molar-refractivity contribution in [2.75, 3.05) is 0 Å². The van der Waals surface area contributed by atoms with Crippen molar-refractivity contribution in [1.82, 2.24) is 0 Å². The first-order valence-corrected chi connectivity index (χ1v) is 4.36. The van der Waals surface area contributed by atoms with Gasteiger partial charge in [-0.1, -0.05) is 6.92 Å². The molecule has 0 aliphatic heterocycles. The quantitative estimate of drug-likeness (QED) is 0.557. The Morgan fingerprint density at radius 3 is 2.83 bits per heavy atom. The highest BCUT2D eigenvalue weighted by Gasteiger charge is 2.22. The molecule has 0 amide bonds. The van der Waals surface area contributed by atoms with Crippen LogP contribution in [0.1, 0.15) is 33.1 Å². The molecule has 12 heavy (non-hydrogen) atoms. The van der Waals surface area contributed by atoms with Crippen LogP contribution in [0.15, 0.2) is 11.6 Å². The number of Topliss-reactive ketones (excluding diaryl/α,β-unsaturated/α-hetero) is 1. The fourth-order valence-corrected chi connectivity index (χ4v) is 1.56. The summed E-state index contributed by atoms with van der Waals surface area (Å²) in [4.78, 5) is 22.2. The molecule has 1 aliphatic rings. The van der Waals surface area contributed by atoms with E-state index in [1.54, 1.807) is 0 Å². The highest BCUT2D eigenvalue weighted by atomic mass is 16.1. The minimum Gasteiger partial charge on any atom is -0.295 e. The molecule has 0 N–H and O–H groups in total. The van der Waals surface area contributed by atoms with Crippen LogP contribution in [0.25, 0.3) is 0 Å². The van der Waals surface area contributed by atoms with Crippen molar-refractivity contribution in [3.8, 4) is 0 Å². The van der Waals surface area contributed by atoms with Crippen LogP contribution in [0.3, 0.4) is 0 Å². The third-order valence-electron chi connectivity index (χ3n) is 2.22. The lowest BCUT2D eigenvalue weighted by atomic mass is 9.85. The fourth-order valence-electron chi connectivity index (χ4n) is 1.56. The predicted octanol–water partition coefficient (Wildman–Crippen LogP) is 1.89. The lowest BCUT2D eigenvalue weighted by molar-refractivity contribution is -0.120. The third kappa shape index (κ3) is 2.03. The summed E-state index contributed by atoms with van der Waals surface area (Å²) in [5.41, 5.74) is 0.723. The summed E-state index contributed by atoms with van der Waals surface area (Å²) in [6.45, 7) is 3.41. The van der Waals surface area contributed by atoms with E-state index in [2.05, 4.69) is 0 Å². The molecule has 0 bridgehead atoms. The van der Waals surface area contributed by atoms with Crippen LogP contribution in [0.5, 0.6) is 0 Å². The molecule has 1 fully saturated rings. The predicted molar refractivity (Wildman–Crippen MR) is 46.8 cm³/mol. The SMILES string of the molecule is CC(=O)/C=C1\CCCC(C)C1=O. The second kappa shape index (κ2) is 3.65. The van der Waals surface area contributed by atoms with Crippen molar-refractivity contribution in [2.24, 2.45) is 5.92 Å². The van der Waals surface area contributed by atoms with Gasteiger partial charge in [-0.2, -0.15) is 0 Å². The maximum Gasteiger partial charge on any atom is 0.161 e. The first-order chi connectivity index (χ1) is 5.61. The van der Waals surface area contributed by atoms with Crippen LogP contribution in [0, 0.1) is 5.92 Å². The van der Waals surface area contributed by atoms with E-state index in [0.717, 1.165) is 24.8 Å². The molecule has 1 aliphatic carbocycles. The molecule has 2 nitrogen and oxygen atoms in total. The maximum atomic E-state index is 11.4. The largest absolute Gasteiger partial charge is 0.295 e. The third-order valence-corrected chi connectivity index (χ3v) is 2.22. The number of carbonyl (C=O) groups is 2. The Hall–Kier alpha value is -0.920. The topological polar surface area (TPSA) is 34.1 Å². The van der Waals surface area contributed by atoms with Gasteiger partial charge in [-0.15, -0.1) is 0 Å². The zero-order valence-electron chi connectivity index (χ0n) is 7.59. The standard InChI is InChI=1S/C10H14O2/c1-7-4-3-5-9(10(7)12)6-8(2)11/h6-7H,3-5H2,1-2H3/b9-6+. The van der Waals surface area contributed by atoms with Crippen LogP contribution in [0.2, 0.25) is 0 Å². The van der Waals surface area contributed by atoms with E-state index in [9.17, 15) is 9.59 Å². The molecule has 0 radical (unpaired) electrons. The van der Waals surface area contributed by atoms with Crippen molar-refractivity contribution in [2.45, 2.75) is 33.1 Å². The molecule has 0 aromatic rings. The summed E-state index contributed by atoms with van der Waals surface area (Å²) >= 11 is 0. The molecule has 1 atom stereocenters. The summed E-state index contributed by atoms with van der Waals surface area (Å²) in [5.74, 6) is 0.258. The second-order valence-electron chi connectivity index (χ2n) is 3.44. The van der Waals surface area contributed by atoms with Gasteiger partial charge in [0.2, 0.25) is 0 Å². The van der Waals surface area contributed by atoms with E-state index < -0.39 is 0 Å². The van der Waals surface area contributed by atoms with Gasteiger partial charge in [-0.3, -0.25) is 9.59 Å². The summed E-state index contributed by atoms with van der Waals surface area (Å²) in [6, 6.07) is 0. The van der Waals surface area contributed by atoms with E-state index in [1.165, 1.54) is 13.0 Å². The average molecular weight is 166 g/mol.